The first kappa shape index (κ1) is 13.5. The average Bonchev–Trinajstić information content (AvgIpc) is 3.00. The molecule has 0 radical (unpaired) electrons. The number of aromatic nitrogens is 4. The summed E-state index contributed by atoms with van der Waals surface area (Å²) in [6.07, 6.45) is 3.49. The Morgan fingerprint density at radius 2 is 1.83 bits per heavy atom. The number of pyridine rings is 1. The van der Waals surface area contributed by atoms with E-state index in [1.165, 1.54) is 4.52 Å². The van der Waals surface area contributed by atoms with Gasteiger partial charge in [-0.3, -0.25) is 14.9 Å². The highest BCUT2D eigenvalue weighted by atomic mass is 16.1. The number of aromatic amines is 1. The summed E-state index contributed by atoms with van der Waals surface area (Å²) in [7, 11) is 0. The number of hydrogen-bond acceptors (Lipinski definition) is 3. The third kappa shape index (κ3) is 2.14. The number of fused-ring (bicyclic) bond motifs is 1. The predicted octanol–water partition coefficient (Wildman–Crippen LogP) is 3.06. The van der Waals surface area contributed by atoms with Crippen LogP contribution in [0.3, 0.4) is 0 Å². The van der Waals surface area contributed by atoms with Crippen LogP contribution < -0.4 is 5.56 Å². The molecule has 0 aliphatic carbocycles. The van der Waals surface area contributed by atoms with Crippen LogP contribution in [0.15, 0.2) is 65.7 Å². The van der Waals surface area contributed by atoms with Crippen LogP contribution in [0.25, 0.3) is 28.0 Å². The third-order valence-electron chi connectivity index (χ3n) is 3.85. The van der Waals surface area contributed by atoms with Gasteiger partial charge in [-0.25, -0.2) is 9.50 Å². The van der Waals surface area contributed by atoms with E-state index in [9.17, 15) is 4.79 Å². The molecule has 5 heteroatoms. The van der Waals surface area contributed by atoms with Crippen LogP contribution >= 0.6 is 0 Å². The fourth-order valence-electron chi connectivity index (χ4n) is 2.77. The maximum absolute atomic E-state index is 12.9. The number of nitrogens with zero attached hydrogens (tertiary/aromatic N) is 3. The number of nitrogens with one attached hydrogen (secondary N) is 1. The molecule has 3 aromatic heterocycles. The lowest BCUT2D eigenvalue weighted by Crippen LogP contribution is -2.19. The molecule has 0 saturated heterocycles. The van der Waals surface area contributed by atoms with Crippen molar-refractivity contribution in [3.63, 3.8) is 0 Å². The summed E-state index contributed by atoms with van der Waals surface area (Å²) in [5.74, 6) is 0. The highest BCUT2D eigenvalue weighted by Gasteiger charge is 2.16. The van der Waals surface area contributed by atoms with Crippen LogP contribution in [0.5, 0.6) is 0 Å². The van der Waals surface area contributed by atoms with Crippen LogP contribution in [-0.4, -0.2) is 19.6 Å². The molecule has 112 valence electrons. The van der Waals surface area contributed by atoms with Gasteiger partial charge in [-0.1, -0.05) is 36.4 Å². The second-order valence-electron chi connectivity index (χ2n) is 5.30. The zero-order chi connectivity index (χ0) is 15.8. The van der Waals surface area contributed by atoms with Gasteiger partial charge < -0.3 is 0 Å². The van der Waals surface area contributed by atoms with Gasteiger partial charge in [0.05, 0.1) is 22.5 Å². The van der Waals surface area contributed by atoms with Gasteiger partial charge in [0.15, 0.2) is 5.65 Å². The first-order valence-electron chi connectivity index (χ1n) is 7.33. The lowest BCUT2D eigenvalue weighted by molar-refractivity contribution is 0.893. The lowest BCUT2D eigenvalue weighted by atomic mass is 10.1. The van der Waals surface area contributed by atoms with E-state index in [1.54, 1.807) is 12.4 Å². The summed E-state index contributed by atoms with van der Waals surface area (Å²) >= 11 is 0. The van der Waals surface area contributed by atoms with Gasteiger partial charge in [-0.2, -0.15) is 0 Å². The molecule has 3 heterocycles. The van der Waals surface area contributed by atoms with E-state index in [0.717, 1.165) is 16.8 Å². The summed E-state index contributed by atoms with van der Waals surface area (Å²) in [5, 5.41) is 2.99. The third-order valence-corrected chi connectivity index (χ3v) is 3.85. The smallest absolute Gasteiger partial charge is 0.280 e. The minimum Gasteiger partial charge on any atom is -0.296 e. The Hall–Kier alpha value is -3.21. The van der Waals surface area contributed by atoms with Crippen LogP contribution in [0.2, 0.25) is 0 Å². The molecule has 23 heavy (non-hydrogen) atoms. The average molecular weight is 302 g/mol. The van der Waals surface area contributed by atoms with Crippen LogP contribution in [0.4, 0.5) is 0 Å². The van der Waals surface area contributed by atoms with Crippen molar-refractivity contribution in [2.45, 2.75) is 6.92 Å². The fraction of sp³-hybridized carbons (Fsp3) is 0.0556. The predicted molar refractivity (Wildman–Crippen MR) is 89.2 cm³/mol. The van der Waals surface area contributed by atoms with Gasteiger partial charge in [0.2, 0.25) is 0 Å². The normalized spacial score (nSPS) is 11.0. The van der Waals surface area contributed by atoms with Crippen LogP contribution in [-0.2, 0) is 0 Å². The summed E-state index contributed by atoms with van der Waals surface area (Å²) in [6, 6.07) is 15.3. The van der Waals surface area contributed by atoms with Crippen molar-refractivity contribution in [3.8, 4) is 22.4 Å². The molecule has 0 aliphatic heterocycles. The molecule has 0 aliphatic rings. The molecule has 5 nitrogen and oxygen atoms in total. The van der Waals surface area contributed by atoms with Crippen LogP contribution in [0.1, 0.15) is 5.69 Å². The maximum Gasteiger partial charge on any atom is 0.280 e. The van der Waals surface area contributed by atoms with E-state index in [1.807, 2.05) is 55.5 Å². The van der Waals surface area contributed by atoms with Crippen molar-refractivity contribution in [1.82, 2.24) is 19.6 Å². The highest BCUT2D eigenvalue weighted by Crippen LogP contribution is 2.23. The Morgan fingerprint density at radius 1 is 1.04 bits per heavy atom. The first-order chi connectivity index (χ1) is 11.3. The summed E-state index contributed by atoms with van der Waals surface area (Å²) in [4.78, 5) is 21.8. The maximum atomic E-state index is 12.9. The number of benzene rings is 1. The SMILES string of the molecule is Cc1nc2c(-c3ccccn3)c[nH]n2c(=O)c1-c1ccccc1. The van der Waals surface area contributed by atoms with E-state index in [4.69, 9.17) is 0 Å². The van der Waals surface area contributed by atoms with E-state index in [-0.39, 0.29) is 5.56 Å². The number of H-pyrrole nitrogens is 1. The van der Waals surface area contributed by atoms with Crippen molar-refractivity contribution in [3.05, 3.63) is 77.0 Å². The zero-order valence-electron chi connectivity index (χ0n) is 12.5. The number of hydrogen-bond donors (Lipinski definition) is 1. The Labute approximate surface area is 132 Å². The lowest BCUT2D eigenvalue weighted by Gasteiger charge is -2.06. The Kier molecular flexibility index (Phi) is 3.05. The second kappa shape index (κ2) is 5.21. The van der Waals surface area contributed by atoms with Gasteiger partial charge in [0.25, 0.3) is 5.56 Å². The number of aryl methyl sites for hydroxylation is 1. The summed E-state index contributed by atoms with van der Waals surface area (Å²) in [5.41, 5.74) is 4.25. The molecule has 0 spiro atoms. The second-order valence-corrected chi connectivity index (χ2v) is 5.30. The van der Waals surface area contributed by atoms with E-state index in [2.05, 4.69) is 15.1 Å². The van der Waals surface area contributed by atoms with Gasteiger partial charge in [0, 0.05) is 12.4 Å². The van der Waals surface area contributed by atoms with Crippen molar-refractivity contribution in [2.24, 2.45) is 0 Å². The monoisotopic (exact) mass is 302 g/mol. The highest BCUT2D eigenvalue weighted by molar-refractivity contribution is 5.76. The molecule has 4 aromatic rings. The minimum atomic E-state index is -0.110. The molecule has 0 amide bonds. The zero-order valence-corrected chi connectivity index (χ0v) is 12.5. The van der Waals surface area contributed by atoms with Gasteiger partial charge >= 0.3 is 0 Å². The Balaban J connectivity index is 2.00. The molecule has 0 saturated carbocycles. The minimum absolute atomic E-state index is 0.110. The largest absolute Gasteiger partial charge is 0.296 e. The molecule has 1 aromatic carbocycles. The fourth-order valence-corrected chi connectivity index (χ4v) is 2.77. The molecule has 0 atom stereocenters. The van der Waals surface area contributed by atoms with E-state index < -0.39 is 0 Å². The van der Waals surface area contributed by atoms with E-state index in [0.29, 0.717) is 16.9 Å². The molecule has 0 bridgehead atoms. The molecule has 1 N–H and O–H groups in total. The van der Waals surface area contributed by atoms with Gasteiger partial charge in [-0.05, 0) is 24.6 Å². The van der Waals surface area contributed by atoms with Gasteiger partial charge in [0.1, 0.15) is 0 Å². The molecule has 0 unspecified atom stereocenters. The quantitative estimate of drug-likeness (QED) is 0.619. The first-order valence-corrected chi connectivity index (χ1v) is 7.33. The summed E-state index contributed by atoms with van der Waals surface area (Å²) < 4.78 is 1.47. The van der Waals surface area contributed by atoms with Crippen molar-refractivity contribution in [2.75, 3.05) is 0 Å². The van der Waals surface area contributed by atoms with Crippen molar-refractivity contribution >= 4 is 5.65 Å². The Bertz CT molecular complexity index is 1030. The van der Waals surface area contributed by atoms with Crippen LogP contribution in [0, 0.1) is 6.92 Å². The van der Waals surface area contributed by atoms with Gasteiger partial charge in [-0.15, -0.1) is 0 Å². The molecular formula is C18H14N4O. The molecular weight excluding hydrogens is 288 g/mol. The Morgan fingerprint density at radius 3 is 2.57 bits per heavy atom. The van der Waals surface area contributed by atoms with Crippen molar-refractivity contribution in [1.29, 1.82) is 0 Å². The topological polar surface area (TPSA) is 63.1 Å². The standard InChI is InChI=1S/C18H14N4O/c1-12-16(13-7-3-2-4-8-13)18(23)22-17(21-12)14(11-20-22)15-9-5-6-10-19-15/h2-11,20H,1H3. The molecule has 0 fully saturated rings. The van der Waals surface area contributed by atoms with Crippen molar-refractivity contribution < 1.29 is 0 Å². The number of rotatable bonds is 2. The molecule has 4 rings (SSSR count). The summed E-state index contributed by atoms with van der Waals surface area (Å²) in [6.45, 7) is 1.86. The van der Waals surface area contributed by atoms with E-state index >= 15 is 0 Å².